The number of nitrogens with zero attached hydrogens (tertiary/aromatic N) is 1. The molecule has 0 unspecified atom stereocenters. The lowest BCUT2D eigenvalue weighted by atomic mass is 10.1. The normalized spacial score (nSPS) is 11.5. The van der Waals surface area contributed by atoms with E-state index in [9.17, 15) is 18.0 Å². The number of halogens is 2. The Hall–Kier alpha value is -1.91. The Bertz CT molecular complexity index is 1050. The number of nitrogens with one attached hydrogen (secondary N) is 1. The monoisotopic (exact) mass is 476 g/mol. The van der Waals surface area contributed by atoms with Crippen LogP contribution in [-0.2, 0) is 30.8 Å². The number of benzene rings is 1. The number of Topliss-reactive ketones (excluding diaryl/α,β-unsaturated/α-hetero) is 1. The predicted molar refractivity (Wildman–Crippen MR) is 113 cm³/mol. The minimum Gasteiger partial charge on any atom is -0.456 e. The average Bonchev–Trinajstić information content (AvgIpc) is 2.98. The van der Waals surface area contributed by atoms with Crippen molar-refractivity contribution in [2.75, 3.05) is 26.9 Å². The molecule has 11 heteroatoms. The van der Waals surface area contributed by atoms with Crippen molar-refractivity contribution < 1.29 is 27.5 Å². The first-order chi connectivity index (χ1) is 14.1. The number of aryl methyl sites for hydroxylation is 1. The lowest BCUT2D eigenvalue weighted by Crippen LogP contribution is -2.31. The van der Waals surface area contributed by atoms with E-state index in [1.807, 2.05) is 11.5 Å². The van der Waals surface area contributed by atoms with E-state index in [1.54, 1.807) is 20.1 Å². The second kappa shape index (κ2) is 10.4. The number of esters is 1. The summed E-state index contributed by atoms with van der Waals surface area (Å²) in [5, 5.41) is 0.269. The van der Waals surface area contributed by atoms with E-state index >= 15 is 0 Å². The Morgan fingerprint density at radius 1 is 1.13 bits per heavy atom. The third-order valence-corrected chi connectivity index (χ3v) is 6.50. The van der Waals surface area contributed by atoms with Crippen LogP contribution in [-0.4, -0.2) is 51.6 Å². The number of hydrogen-bond donors (Lipinski definition) is 1. The van der Waals surface area contributed by atoms with E-state index in [4.69, 9.17) is 32.7 Å². The molecule has 0 spiro atoms. The van der Waals surface area contributed by atoms with E-state index in [0.29, 0.717) is 18.7 Å². The smallest absolute Gasteiger partial charge is 0.321 e. The van der Waals surface area contributed by atoms with E-state index in [-0.39, 0.29) is 20.7 Å². The highest BCUT2D eigenvalue weighted by Crippen LogP contribution is 2.24. The molecule has 0 aliphatic carbocycles. The Labute approximate surface area is 185 Å². The van der Waals surface area contributed by atoms with Gasteiger partial charge in [-0.15, -0.1) is 0 Å². The van der Waals surface area contributed by atoms with Gasteiger partial charge in [0.25, 0.3) is 0 Å². The minimum atomic E-state index is -4.00. The lowest BCUT2D eigenvalue weighted by Gasteiger charge is -2.09. The fourth-order valence-corrected chi connectivity index (χ4v) is 4.12. The van der Waals surface area contributed by atoms with Crippen LogP contribution in [0.2, 0.25) is 10.0 Å². The first-order valence-corrected chi connectivity index (χ1v) is 11.1. The number of methoxy groups -OCH3 is 1. The van der Waals surface area contributed by atoms with Crippen molar-refractivity contribution >= 4 is 45.0 Å². The highest BCUT2D eigenvalue weighted by molar-refractivity contribution is 7.89. The fourth-order valence-electron chi connectivity index (χ4n) is 2.77. The maximum atomic E-state index is 12.4. The molecule has 2 rings (SSSR count). The summed E-state index contributed by atoms with van der Waals surface area (Å²) in [4.78, 5) is 24.2. The summed E-state index contributed by atoms with van der Waals surface area (Å²) < 4.78 is 38.5. The standard InChI is InChI=1S/C19H22Cl2N2O6S/c1-12-8-15(13(2)23(12)6-7-28-3)18(24)11-29-19(25)10-22-30(26,27)14-4-5-16(20)17(21)9-14/h4-5,8-9,22H,6-7,10-11H2,1-3H3. The lowest BCUT2D eigenvalue weighted by molar-refractivity contribution is -0.141. The van der Waals surface area contributed by atoms with Crippen LogP contribution in [0.25, 0.3) is 0 Å². The SMILES string of the molecule is COCCn1c(C)cc(C(=O)COC(=O)CNS(=O)(=O)c2ccc(Cl)c(Cl)c2)c1C. The van der Waals surface area contributed by atoms with Crippen molar-refractivity contribution in [2.24, 2.45) is 0 Å². The molecule has 30 heavy (non-hydrogen) atoms. The molecule has 1 aromatic heterocycles. The largest absolute Gasteiger partial charge is 0.456 e. The van der Waals surface area contributed by atoms with E-state index in [0.717, 1.165) is 11.4 Å². The molecule has 1 aromatic carbocycles. The van der Waals surface area contributed by atoms with Crippen LogP contribution in [0.1, 0.15) is 21.7 Å². The van der Waals surface area contributed by atoms with Gasteiger partial charge in [0.05, 0.1) is 21.5 Å². The van der Waals surface area contributed by atoms with Crippen molar-refractivity contribution in [1.29, 1.82) is 0 Å². The number of rotatable bonds is 10. The number of sulfonamides is 1. The van der Waals surface area contributed by atoms with Crippen LogP contribution in [0.5, 0.6) is 0 Å². The molecular weight excluding hydrogens is 455 g/mol. The summed E-state index contributed by atoms with van der Waals surface area (Å²) in [6, 6.07) is 5.47. The fraction of sp³-hybridized carbons (Fsp3) is 0.368. The second-order valence-electron chi connectivity index (χ2n) is 6.41. The molecule has 0 aliphatic rings. The van der Waals surface area contributed by atoms with Crippen molar-refractivity contribution in [3.8, 4) is 0 Å². The highest BCUT2D eigenvalue weighted by Gasteiger charge is 2.20. The van der Waals surface area contributed by atoms with Crippen LogP contribution in [0.15, 0.2) is 29.2 Å². The molecule has 0 radical (unpaired) electrons. The molecule has 0 bridgehead atoms. The molecule has 0 atom stereocenters. The summed E-state index contributed by atoms with van der Waals surface area (Å²) in [5.41, 5.74) is 2.06. The summed E-state index contributed by atoms with van der Waals surface area (Å²) in [5.74, 6) is -1.27. The van der Waals surface area contributed by atoms with Gasteiger partial charge in [0.2, 0.25) is 15.8 Å². The van der Waals surface area contributed by atoms with Crippen LogP contribution in [0.4, 0.5) is 0 Å². The number of carbonyl (C=O) groups is 2. The summed E-state index contributed by atoms with van der Waals surface area (Å²) >= 11 is 11.6. The third-order valence-electron chi connectivity index (χ3n) is 4.37. The first-order valence-electron chi connectivity index (χ1n) is 8.86. The van der Waals surface area contributed by atoms with Gasteiger partial charge in [0.1, 0.15) is 6.54 Å². The minimum absolute atomic E-state index is 0.0656. The van der Waals surface area contributed by atoms with Gasteiger partial charge in [-0.2, -0.15) is 4.72 Å². The molecule has 0 saturated heterocycles. The van der Waals surface area contributed by atoms with Gasteiger partial charge in [-0.05, 0) is 38.1 Å². The number of carbonyl (C=O) groups excluding carboxylic acids is 2. The van der Waals surface area contributed by atoms with Crippen LogP contribution >= 0.6 is 23.2 Å². The molecule has 8 nitrogen and oxygen atoms in total. The first kappa shape index (κ1) is 24.4. The van der Waals surface area contributed by atoms with Crippen LogP contribution in [0, 0.1) is 13.8 Å². The number of aromatic nitrogens is 1. The second-order valence-corrected chi connectivity index (χ2v) is 8.99. The van der Waals surface area contributed by atoms with Crippen molar-refractivity contribution in [1.82, 2.24) is 9.29 Å². The topological polar surface area (TPSA) is 104 Å². The Kier molecular flexibility index (Phi) is 8.45. The van der Waals surface area contributed by atoms with Gasteiger partial charge in [-0.1, -0.05) is 23.2 Å². The van der Waals surface area contributed by atoms with Gasteiger partial charge in [-0.25, -0.2) is 8.42 Å². The Morgan fingerprint density at radius 2 is 1.83 bits per heavy atom. The number of ketones is 1. The van der Waals surface area contributed by atoms with E-state index < -0.39 is 29.1 Å². The van der Waals surface area contributed by atoms with Crippen molar-refractivity contribution in [3.05, 3.63) is 51.3 Å². The van der Waals surface area contributed by atoms with Crippen molar-refractivity contribution in [2.45, 2.75) is 25.3 Å². The third kappa shape index (κ3) is 6.05. The molecule has 164 valence electrons. The summed E-state index contributed by atoms with van der Waals surface area (Å²) in [6.45, 7) is 3.62. The Balaban J connectivity index is 1.93. The van der Waals surface area contributed by atoms with Gasteiger partial charge >= 0.3 is 5.97 Å². The van der Waals surface area contributed by atoms with Crippen molar-refractivity contribution in [3.63, 3.8) is 0 Å². The molecule has 0 saturated carbocycles. The molecule has 0 amide bonds. The number of hydrogen-bond acceptors (Lipinski definition) is 6. The van der Waals surface area contributed by atoms with E-state index in [2.05, 4.69) is 4.72 Å². The molecule has 0 aliphatic heterocycles. The molecular formula is C19H22Cl2N2O6S. The van der Waals surface area contributed by atoms with Crippen LogP contribution in [0.3, 0.4) is 0 Å². The average molecular weight is 477 g/mol. The maximum Gasteiger partial charge on any atom is 0.321 e. The maximum absolute atomic E-state index is 12.4. The Morgan fingerprint density at radius 3 is 2.47 bits per heavy atom. The van der Waals surface area contributed by atoms with Gasteiger partial charge < -0.3 is 14.0 Å². The van der Waals surface area contributed by atoms with Gasteiger partial charge in [-0.3, -0.25) is 9.59 Å². The van der Waals surface area contributed by atoms with Gasteiger partial charge in [0, 0.05) is 30.6 Å². The van der Waals surface area contributed by atoms with E-state index in [1.165, 1.54) is 18.2 Å². The van der Waals surface area contributed by atoms with Crippen LogP contribution < -0.4 is 4.72 Å². The molecule has 0 fully saturated rings. The zero-order chi connectivity index (χ0) is 22.5. The zero-order valence-electron chi connectivity index (χ0n) is 16.7. The summed E-state index contributed by atoms with van der Waals surface area (Å²) in [6.07, 6.45) is 0. The highest BCUT2D eigenvalue weighted by atomic mass is 35.5. The molecule has 1 N–H and O–H groups in total. The molecule has 1 heterocycles. The number of ether oxygens (including phenoxy) is 2. The summed E-state index contributed by atoms with van der Waals surface area (Å²) in [7, 11) is -2.40. The molecule has 2 aromatic rings. The zero-order valence-corrected chi connectivity index (χ0v) is 19.0. The van der Waals surface area contributed by atoms with Gasteiger partial charge in [0.15, 0.2) is 6.61 Å². The predicted octanol–water partition coefficient (Wildman–Crippen LogP) is 2.76. The quantitative estimate of drug-likeness (QED) is 0.417.